The van der Waals surface area contributed by atoms with Gasteiger partial charge in [0.05, 0.1) is 5.02 Å². The van der Waals surface area contributed by atoms with Gasteiger partial charge >= 0.3 is 0 Å². The number of hydrogen-bond acceptors (Lipinski definition) is 2. The summed E-state index contributed by atoms with van der Waals surface area (Å²) in [6.07, 6.45) is 0. The van der Waals surface area contributed by atoms with Gasteiger partial charge in [-0.3, -0.25) is 0 Å². The van der Waals surface area contributed by atoms with E-state index in [1.165, 1.54) is 0 Å². The molecule has 0 bridgehead atoms. The molecule has 0 fully saturated rings. The maximum absolute atomic E-state index is 5.94. The van der Waals surface area contributed by atoms with Crippen LogP contribution in [0.3, 0.4) is 0 Å². The van der Waals surface area contributed by atoms with Gasteiger partial charge in [0.15, 0.2) is 0 Å². The van der Waals surface area contributed by atoms with Crippen LogP contribution in [0.15, 0.2) is 34.7 Å². The van der Waals surface area contributed by atoms with Gasteiger partial charge < -0.3 is 5.73 Å². The van der Waals surface area contributed by atoms with E-state index >= 15 is 0 Å². The third kappa shape index (κ3) is 3.51. The summed E-state index contributed by atoms with van der Waals surface area (Å²) < 4.78 is 0. The Morgan fingerprint density at radius 3 is 2.77 bits per heavy atom. The van der Waals surface area contributed by atoms with Gasteiger partial charge in [0.25, 0.3) is 0 Å². The van der Waals surface area contributed by atoms with Crippen molar-refractivity contribution in [2.45, 2.75) is 4.90 Å². The van der Waals surface area contributed by atoms with E-state index in [1.54, 1.807) is 17.8 Å². The van der Waals surface area contributed by atoms with E-state index in [2.05, 4.69) is 6.58 Å². The molecule has 0 saturated carbocycles. The van der Waals surface area contributed by atoms with E-state index < -0.39 is 0 Å². The quantitative estimate of drug-likeness (QED) is 0.636. The highest BCUT2D eigenvalue weighted by molar-refractivity contribution is 7.99. The molecule has 0 aliphatic heterocycles. The predicted octanol–water partition coefficient (Wildman–Crippen LogP) is 3.77. The van der Waals surface area contributed by atoms with Crippen LogP contribution in [0.5, 0.6) is 0 Å². The topological polar surface area (TPSA) is 26.0 Å². The molecule has 0 aliphatic rings. The van der Waals surface area contributed by atoms with Crippen LogP contribution in [-0.4, -0.2) is 5.75 Å². The van der Waals surface area contributed by atoms with Crippen molar-refractivity contribution in [2.24, 2.45) is 0 Å². The second-order valence-electron chi connectivity index (χ2n) is 2.50. The minimum absolute atomic E-state index is 0.609. The third-order valence-corrected chi connectivity index (χ3v) is 3.22. The van der Waals surface area contributed by atoms with E-state index in [4.69, 9.17) is 28.9 Å². The van der Waals surface area contributed by atoms with Gasteiger partial charge in [-0.2, -0.15) is 0 Å². The molecular formula is C9H9Cl2NS. The summed E-state index contributed by atoms with van der Waals surface area (Å²) >= 11 is 13.1. The fourth-order valence-electron chi connectivity index (χ4n) is 0.790. The lowest BCUT2D eigenvalue weighted by Crippen LogP contribution is -1.85. The normalized spacial score (nSPS) is 10.0. The molecule has 0 atom stereocenters. The number of anilines is 1. The highest BCUT2D eigenvalue weighted by atomic mass is 35.5. The SMILES string of the molecule is C=C(Cl)CSc1ccc(N)cc1Cl. The molecule has 1 aromatic carbocycles. The van der Waals surface area contributed by atoms with Gasteiger partial charge in [0, 0.05) is 21.4 Å². The molecule has 0 heterocycles. The molecule has 0 spiro atoms. The maximum atomic E-state index is 5.94. The molecule has 0 unspecified atom stereocenters. The molecular weight excluding hydrogens is 225 g/mol. The number of benzene rings is 1. The fraction of sp³-hybridized carbons (Fsp3) is 0.111. The lowest BCUT2D eigenvalue weighted by molar-refractivity contribution is 1.46. The van der Waals surface area contributed by atoms with Crippen molar-refractivity contribution in [2.75, 3.05) is 11.5 Å². The predicted molar refractivity (Wildman–Crippen MR) is 61.6 cm³/mol. The van der Waals surface area contributed by atoms with Crippen molar-refractivity contribution in [3.8, 4) is 0 Å². The van der Waals surface area contributed by atoms with Crippen LogP contribution < -0.4 is 5.73 Å². The molecule has 0 radical (unpaired) electrons. The molecule has 4 heteroatoms. The van der Waals surface area contributed by atoms with Crippen LogP contribution in [0.25, 0.3) is 0 Å². The average Bonchev–Trinajstić information content (AvgIpc) is 2.02. The van der Waals surface area contributed by atoms with Crippen molar-refractivity contribution >= 4 is 40.7 Å². The van der Waals surface area contributed by atoms with Gasteiger partial charge in [-0.25, -0.2) is 0 Å². The zero-order chi connectivity index (χ0) is 9.84. The first kappa shape index (κ1) is 10.8. The molecule has 1 nitrogen and oxygen atoms in total. The van der Waals surface area contributed by atoms with E-state index in [0.29, 0.717) is 21.5 Å². The summed E-state index contributed by atoms with van der Waals surface area (Å²) in [5.41, 5.74) is 6.21. The van der Waals surface area contributed by atoms with Crippen molar-refractivity contribution in [3.05, 3.63) is 34.8 Å². The largest absolute Gasteiger partial charge is 0.399 e. The standard InChI is InChI=1S/C9H9Cl2NS/c1-6(10)5-13-9-3-2-7(12)4-8(9)11/h2-4H,1,5,12H2. The molecule has 1 aromatic rings. The van der Waals surface area contributed by atoms with E-state index in [1.807, 2.05) is 12.1 Å². The Hall–Kier alpha value is -0.310. The lowest BCUT2D eigenvalue weighted by atomic mass is 10.3. The molecule has 2 N–H and O–H groups in total. The fourth-order valence-corrected chi connectivity index (χ4v) is 1.98. The number of thioether (sulfide) groups is 1. The van der Waals surface area contributed by atoms with Crippen LogP contribution in [0.4, 0.5) is 5.69 Å². The minimum atomic E-state index is 0.609. The molecule has 0 saturated heterocycles. The minimum Gasteiger partial charge on any atom is -0.399 e. The van der Waals surface area contributed by atoms with Gasteiger partial charge in [0.2, 0.25) is 0 Å². The Morgan fingerprint density at radius 2 is 2.23 bits per heavy atom. The third-order valence-electron chi connectivity index (χ3n) is 1.34. The summed E-state index contributed by atoms with van der Waals surface area (Å²) in [6.45, 7) is 3.59. The van der Waals surface area contributed by atoms with Crippen molar-refractivity contribution < 1.29 is 0 Å². The van der Waals surface area contributed by atoms with Crippen LogP contribution in [-0.2, 0) is 0 Å². The number of nitrogen functional groups attached to an aromatic ring is 1. The number of nitrogens with two attached hydrogens (primary N) is 1. The summed E-state index contributed by atoms with van der Waals surface area (Å²) in [6, 6.07) is 5.41. The Bertz CT molecular complexity index is 325. The first-order valence-electron chi connectivity index (χ1n) is 3.60. The smallest absolute Gasteiger partial charge is 0.0562 e. The Labute approximate surface area is 91.9 Å². The number of hydrogen-bond donors (Lipinski definition) is 1. The molecule has 70 valence electrons. The molecule has 0 aliphatic carbocycles. The zero-order valence-electron chi connectivity index (χ0n) is 6.89. The summed E-state index contributed by atoms with van der Waals surface area (Å²) in [7, 11) is 0. The second kappa shape index (κ2) is 4.80. The first-order valence-corrected chi connectivity index (χ1v) is 5.35. The van der Waals surface area contributed by atoms with Crippen LogP contribution in [0.1, 0.15) is 0 Å². The highest BCUT2D eigenvalue weighted by Gasteiger charge is 2.01. The highest BCUT2D eigenvalue weighted by Crippen LogP contribution is 2.30. The van der Waals surface area contributed by atoms with Crippen LogP contribution in [0.2, 0.25) is 5.02 Å². The Morgan fingerprint density at radius 1 is 1.54 bits per heavy atom. The van der Waals surface area contributed by atoms with Gasteiger partial charge in [-0.1, -0.05) is 29.8 Å². The van der Waals surface area contributed by atoms with E-state index in [9.17, 15) is 0 Å². The molecule has 0 amide bonds. The van der Waals surface area contributed by atoms with Gasteiger partial charge in [-0.05, 0) is 18.2 Å². The van der Waals surface area contributed by atoms with Crippen LogP contribution >= 0.6 is 35.0 Å². The summed E-state index contributed by atoms with van der Waals surface area (Å²) in [4.78, 5) is 0.970. The van der Waals surface area contributed by atoms with Gasteiger partial charge in [-0.15, -0.1) is 11.8 Å². The zero-order valence-corrected chi connectivity index (χ0v) is 9.22. The molecule has 0 aromatic heterocycles. The van der Waals surface area contributed by atoms with Crippen molar-refractivity contribution in [1.29, 1.82) is 0 Å². The maximum Gasteiger partial charge on any atom is 0.0562 e. The van der Waals surface area contributed by atoms with E-state index in [0.717, 1.165) is 4.90 Å². The number of halogens is 2. The monoisotopic (exact) mass is 233 g/mol. The number of rotatable bonds is 3. The first-order chi connectivity index (χ1) is 6.09. The lowest BCUT2D eigenvalue weighted by Gasteiger charge is -2.03. The Kier molecular flexibility index (Phi) is 3.97. The molecule has 1 rings (SSSR count). The Balaban J connectivity index is 2.72. The van der Waals surface area contributed by atoms with Crippen LogP contribution in [0, 0.1) is 0 Å². The van der Waals surface area contributed by atoms with Gasteiger partial charge in [0.1, 0.15) is 0 Å². The summed E-state index contributed by atoms with van der Waals surface area (Å²) in [5, 5.41) is 1.26. The van der Waals surface area contributed by atoms with E-state index in [-0.39, 0.29) is 0 Å². The van der Waals surface area contributed by atoms with Crippen molar-refractivity contribution in [1.82, 2.24) is 0 Å². The molecule has 13 heavy (non-hydrogen) atoms. The summed E-state index contributed by atoms with van der Waals surface area (Å²) in [5.74, 6) is 0.658. The van der Waals surface area contributed by atoms with Crippen molar-refractivity contribution in [3.63, 3.8) is 0 Å². The second-order valence-corrected chi connectivity index (χ2v) is 4.45. The average molecular weight is 234 g/mol.